The predicted octanol–water partition coefficient (Wildman–Crippen LogP) is 2.92. The van der Waals surface area contributed by atoms with Crippen molar-refractivity contribution < 1.29 is 14.0 Å². The van der Waals surface area contributed by atoms with Crippen molar-refractivity contribution in [3.8, 4) is 11.1 Å². The number of benzene rings is 1. The molecule has 0 aliphatic carbocycles. The Balaban J connectivity index is 2.13. The maximum absolute atomic E-state index is 13.9. The Labute approximate surface area is 169 Å². The first-order valence-electron chi connectivity index (χ1n) is 9.42. The minimum atomic E-state index is -0.624. The fourth-order valence-corrected chi connectivity index (χ4v) is 3.70. The van der Waals surface area contributed by atoms with E-state index in [2.05, 4.69) is 17.0 Å². The minimum Gasteiger partial charge on any atom is -0.366 e. The van der Waals surface area contributed by atoms with Crippen molar-refractivity contribution in [1.82, 2.24) is 14.8 Å². The van der Waals surface area contributed by atoms with Gasteiger partial charge in [-0.3, -0.25) is 9.79 Å². The molecule has 7 nitrogen and oxygen atoms in total. The van der Waals surface area contributed by atoms with Gasteiger partial charge in [-0.05, 0) is 45.2 Å². The molecule has 0 fully saturated rings. The van der Waals surface area contributed by atoms with Crippen molar-refractivity contribution in [2.45, 2.75) is 45.9 Å². The SMILES string of the molecule is C=NCc1c(-c2cccc(F)c2)c(C(N)=O)c2n1CCN(C(=O)NC(C)(C)C)C2. The number of urea groups is 1. The standard InChI is InChI=1S/C21H26FN5O2/c1-21(2,3)25-20(29)26-8-9-27-15(11-24-4)17(13-6-5-7-14(22)10-13)18(19(23)28)16(27)12-26/h5-7,10H,4,8-9,11-12H2,1-3H3,(H2,23,28)(H,25,29). The van der Waals surface area contributed by atoms with Gasteiger partial charge in [0.1, 0.15) is 5.82 Å². The van der Waals surface area contributed by atoms with Crippen LogP contribution in [0.4, 0.5) is 9.18 Å². The van der Waals surface area contributed by atoms with Gasteiger partial charge in [0, 0.05) is 29.9 Å². The number of nitrogens with two attached hydrogens (primary N) is 1. The summed E-state index contributed by atoms with van der Waals surface area (Å²) in [5.41, 5.74) is 8.12. The second kappa shape index (κ2) is 7.69. The first-order chi connectivity index (χ1) is 13.6. The largest absolute Gasteiger partial charge is 0.366 e. The van der Waals surface area contributed by atoms with Crippen LogP contribution in [0.1, 0.15) is 42.5 Å². The van der Waals surface area contributed by atoms with Gasteiger partial charge >= 0.3 is 6.03 Å². The molecule has 1 aliphatic heterocycles. The van der Waals surface area contributed by atoms with E-state index in [0.29, 0.717) is 35.5 Å². The monoisotopic (exact) mass is 399 g/mol. The van der Waals surface area contributed by atoms with Gasteiger partial charge in [0.05, 0.1) is 24.3 Å². The first-order valence-corrected chi connectivity index (χ1v) is 9.42. The van der Waals surface area contributed by atoms with Gasteiger partial charge in [-0.1, -0.05) is 12.1 Å². The summed E-state index contributed by atoms with van der Waals surface area (Å²) in [6, 6.07) is 5.81. The number of aromatic nitrogens is 1. The van der Waals surface area contributed by atoms with E-state index in [0.717, 1.165) is 5.69 Å². The average molecular weight is 399 g/mol. The Hall–Kier alpha value is -3.16. The van der Waals surface area contributed by atoms with Crippen molar-refractivity contribution in [1.29, 1.82) is 0 Å². The van der Waals surface area contributed by atoms with Crippen LogP contribution in [0.2, 0.25) is 0 Å². The number of carbonyl (C=O) groups is 2. The number of nitrogens with zero attached hydrogens (tertiary/aromatic N) is 3. The molecular formula is C21H26FN5O2. The third-order valence-electron chi connectivity index (χ3n) is 4.80. The lowest BCUT2D eigenvalue weighted by molar-refractivity contribution is 0.0997. The Morgan fingerprint density at radius 2 is 2.03 bits per heavy atom. The molecule has 0 saturated heterocycles. The third kappa shape index (κ3) is 4.16. The summed E-state index contributed by atoms with van der Waals surface area (Å²) in [6.07, 6.45) is 0. The fourth-order valence-electron chi connectivity index (χ4n) is 3.70. The summed E-state index contributed by atoms with van der Waals surface area (Å²) < 4.78 is 15.8. The zero-order chi connectivity index (χ0) is 21.3. The second-order valence-corrected chi connectivity index (χ2v) is 8.15. The number of halogens is 1. The highest BCUT2D eigenvalue weighted by Crippen LogP contribution is 2.36. The van der Waals surface area contributed by atoms with Crippen molar-refractivity contribution >= 4 is 18.7 Å². The lowest BCUT2D eigenvalue weighted by Crippen LogP contribution is -2.50. The fraction of sp³-hybridized carbons (Fsp3) is 0.381. The summed E-state index contributed by atoms with van der Waals surface area (Å²) >= 11 is 0. The topological polar surface area (TPSA) is 92.7 Å². The molecule has 29 heavy (non-hydrogen) atoms. The van der Waals surface area contributed by atoms with E-state index in [4.69, 9.17) is 5.73 Å². The van der Waals surface area contributed by atoms with Gasteiger partial charge in [0.15, 0.2) is 0 Å². The van der Waals surface area contributed by atoms with Crippen molar-refractivity contribution in [3.63, 3.8) is 0 Å². The van der Waals surface area contributed by atoms with E-state index in [9.17, 15) is 14.0 Å². The van der Waals surface area contributed by atoms with Gasteiger partial charge in [-0.2, -0.15) is 0 Å². The molecule has 0 atom stereocenters. The quantitative estimate of drug-likeness (QED) is 0.774. The highest BCUT2D eigenvalue weighted by atomic mass is 19.1. The van der Waals surface area contributed by atoms with Gasteiger partial charge in [-0.15, -0.1) is 0 Å². The Morgan fingerprint density at radius 3 is 2.62 bits per heavy atom. The average Bonchev–Trinajstić information content (AvgIpc) is 2.94. The number of rotatable bonds is 4. The molecule has 1 aromatic heterocycles. The Morgan fingerprint density at radius 1 is 1.31 bits per heavy atom. The van der Waals surface area contributed by atoms with Crippen LogP contribution in [0.25, 0.3) is 11.1 Å². The highest BCUT2D eigenvalue weighted by molar-refractivity contribution is 6.02. The van der Waals surface area contributed by atoms with Crippen molar-refractivity contribution in [2.75, 3.05) is 6.54 Å². The van der Waals surface area contributed by atoms with Crippen LogP contribution in [-0.4, -0.2) is 40.2 Å². The normalized spacial score (nSPS) is 13.7. The smallest absolute Gasteiger partial charge is 0.318 e. The highest BCUT2D eigenvalue weighted by Gasteiger charge is 2.32. The summed E-state index contributed by atoms with van der Waals surface area (Å²) in [6.45, 7) is 10.7. The summed E-state index contributed by atoms with van der Waals surface area (Å²) in [5.74, 6) is -1.04. The molecule has 2 aromatic rings. The van der Waals surface area contributed by atoms with Crippen LogP contribution in [0.15, 0.2) is 29.3 Å². The van der Waals surface area contributed by atoms with Crippen LogP contribution in [-0.2, 0) is 19.6 Å². The van der Waals surface area contributed by atoms with E-state index in [1.54, 1.807) is 17.0 Å². The van der Waals surface area contributed by atoms with E-state index in [1.165, 1.54) is 12.1 Å². The third-order valence-corrected chi connectivity index (χ3v) is 4.80. The molecule has 8 heteroatoms. The predicted molar refractivity (Wildman–Crippen MR) is 110 cm³/mol. The number of primary amides is 1. The molecule has 3 rings (SSSR count). The summed E-state index contributed by atoms with van der Waals surface area (Å²) in [7, 11) is 0. The Kier molecular flexibility index (Phi) is 5.46. The van der Waals surface area contributed by atoms with E-state index >= 15 is 0 Å². The van der Waals surface area contributed by atoms with Gasteiger partial charge < -0.3 is 20.5 Å². The molecule has 1 aromatic carbocycles. The number of nitrogens with one attached hydrogen (secondary N) is 1. The lowest BCUT2D eigenvalue weighted by atomic mass is 9.99. The molecule has 0 bridgehead atoms. The molecule has 2 heterocycles. The van der Waals surface area contributed by atoms with Crippen molar-refractivity contribution in [2.24, 2.45) is 10.7 Å². The van der Waals surface area contributed by atoms with Crippen molar-refractivity contribution in [3.05, 3.63) is 47.0 Å². The minimum absolute atomic E-state index is 0.212. The Bertz CT molecular complexity index is 974. The van der Waals surface area contributed by atoms with Crippen LogP contribution in [0.3, 0.4) is 0 Å². The van der Waals surface area contributed by atoms with E-state index in [1.807, 2.05) is 25.3 Å². The van der Waals surface area contributed by atoms with Gasteiger partial charge in [0.25, 0.3) is 5.91 Å². The molecule has 0 saturated carbocycles. The molecule has 0 unspecified atom stereocenters. The number of amides is 3. The molecular weight excluding hydrogens is 373 g/mol. The van der Waals surface area contributed by atoms with E-state index < -0.39 is 11.7 Å². The lowest BCUT2D eigenvalue weighted by Gasteiger charge is -2.32. The summed E-state index contributed by atoms with van der Waals surface area (Å²) in [5, 5.41) is 2.94. The molecule has 1 aliphatic rings. The molecule has 3 N–H and O–H groups in total. The van der Waals surface area contributed by atoms with Crippen LogP contribution >= 0.6 is 0 Å². The molecule has 154 valence electrons. The number of hydrogen-bond acceptors (Lipinski definition) is 3. The number of carbonyl (C=O) groups excluding carboxylic acids is 2. The number of aliphatic imine (C=N–C) groups is 1. The first kappa shape index (κ1) is 20.6. The zero-order valence-electron chi connectivity index (χ0n) is 17.0. The molecule has 3 amide bonds. The number of fused-ring (bicyclic) bond motifs is 1. The molecule has 0 spiro atoms. The van der Waals surface area contributed by atoms with Crippen LogP contribution in [0, 0.1) is 5.82 Å². The van der Waals surface area contributed by atoms with Gasteiger partial charge in [0.2, 0.25) is 0 Å². The second-order valence-electron chi connectivity index (χ2n) is 8.15. The summed E-state index contributed by atoms with van der Waals surface area (Å²) in [4.78, 5) is 30.7. The van der Waals surface area contributed by atoms with Crippen LogP contribution in [0.5, 0.6) is 0 Å². The zero-order valence-corrected chi connectivity index (χ0v) is 17.0. The van der Waals surface area contributed by atoms with Gasteiger partial charge in [-0.25, -0.2) is 9.18 Å². The maximum Gasteiger partial charge on any atom is 0.318 e. The number of hydrogen-bond donors (Lipinski definition) is 2. The molecule has 0 radical (unpaired) electrons. The van der Waals surface area contributed by atoms with E-state index in [-0.39, 0.29) is 24.7 Å². The maximum atomic E-state index is 13.9. The van der Waals surface area contributed by atoms with Crippen LogP contribution < -0.4 is 11.1 Å².